The molecule has 2 amide bonds. The van der Waals surface area contributed by atoms with Crippen molar-refractivity contribution in [3.05, 3.63) is 150 Å². The number of aliphatic hydroxyl groups excluding tert-OH is 1. The van der Waals surface area contributed by atoms with Crippen LogP contribution in [0.15, 0.2) is 138 Å². The molecule has 0 heterocycles. The smallest absolute Gasteiger partial charge is 0.460 e. The second-order valence-electron chi connectivity index (χ2n) is 18.9. The molecule has 12 nitrogen and oxygen atoms in total. The second kappa shape index (κ2) is 26.8. The molecule has 2 unspecified atom stereocenters. The molecule has 84 heavy (non-hydrogen) atoms. The Morgan fingerprint density at radius 3 is 1.48 bits per heavy atom. The van der Waals surface area contributed by atoms with E-state index in [9.17, 15) is 80.6 Å². The van der Waals surface area contributed by atoms with Crippen molar-refractivity contribution in [2.24, 2.45) is 16.1 Å². The number of ether oxygens (including phenoxy) is 4. The lowest BCUT2D eigenvalue weighted by Crippen LogP contribution is -2.74. The number of aliphatic hydroxyl groups is 1. The maximum Gasteiger partial charge on any atom is 0.460 e. The first-order valence-corrected chi connectivity index (χ1v) is 24.9. The minimum atomic E-state index is -8.81. The van der Waals surface area contributed by atoms with Gasteiger partial charge in [0.25, 0.3) is 5.91 Å². The van der Waals surface area contributed by atoms with E-state index in [0.717, 1.165) is 17.8 Å². The normalized spacial score (nSPS) is 14.0. The van der Waals surface area contributed by atoms with Gasteiger partial charge in [-0.3, -0.25) is 9.59 Å². The number of hydrogen-bond acceptors (Lipinski definition) is 10. The van der Waals surface area contributed by atoms with Gasteiger partial charge in [-0.25, -0.2) is 0 Å². The third kappa shape index (κ3) is 14.3. The van der Waals surface area contributed by atoms with Crippen LogP contribution in [0, 0.1) is 5.92 Å². The number of nitrogens with zero attached hydrogens (tertiary/aromatic N) is 3. The maximum atomic E-state index is 15.2. The number of amides is 2. The van der Waals surface area contributed by atoms with Gasteiger partial charge >= 0.3 is 47.6 Å². The number of carbonyl (C=O) groups is 2. The zero-order valence-corrected chi connectivity index (χ0v) is 44.6. The topological polar surface area (TPSA) is 143 Å². The number of methoxy groups -OCH3 is 2. The predicted molar refractivity (Wildman–Crippen MR) is 270 cm³/mol. The summed E-state index contributed by atoms with van der Waals surface area (Å²) in [6.45, 7) is -2.77. The summed E-state index contributed by atoms with van der Waals surface area (Å²) in [6, 6.07) is 34.3. The molecule has 29 heteroatoms. The van der Waals surface area contributed by atoms with E-state index < -0.39 is 110 Å². The predicted octanol–water partition coefficient (Wildman–Crippen LogP) is 13.2. The van der Waals surface area contributed by atoms with Crippen molar-refractivity contribution in [3.63, 3.8) is 0 Å². The van der Waals surface area contributed by atoms with E-state index in [4.69, 9.17) is 18.9 Å². The fraction of sp³-hybridized carbons (Fsp3) is 0.418. The lowest BCUT2D eigenvalue weighted by molar-refractivity contribution is -0.461. The number of carbonyl (C=O) groups excluding carboxylic acids is 2. The first-order valence-electron chi connectivity index (χ1n) is 24.9. The van der Waals surface area contributed by atoms with Gasteiger partial charge in [-0.2, -0.15) is 84.9 Å². The van der Waals surface area contributed by atoms with Crippen molar-refractivity contribution in [2.45, 2.75) is 78.6 Å². The highest BCUT2D eigenvalue weighted by Gasteiger charge is 2.95. The Morgan fingerprint density at radius 1 is 0.560 bits per heavy atom. The molecule has 0 aliphatic heterocycles. The summed E-state index contributed by atoms with van der Waals surface area (Å²) in [4.78, 5) is 28.4. The molecule has 5 aromatic carbocycles. The summed E-state index contributed by atoms with van der Waals surface area (Å²) in [6.07, 6.45) is -14.2. The van der Waals surface area contributed by atoms with Crippen molar-refractivity contribution in [2.75, 3.05) is 66.1 Å². The van der Waals surface area contributed by atoms with E-state index in [1.54, 1.807) is 117 Å². The standard InChI is InChI=1S/C55H54F17N5O7/c1-77(2)41-21-19-40(20-22-41)76-75-39-17-11-34(12-18-39)45(79)74-31-35(27-28-47(56,57)49(58,59)50(60,61)51(62,63)52(64,65)53(66,67)54(68,69)55(70,71)72)46(80)73-29-8-30-83-32-42(78)33-84-48(36-9-6-5-7-10-36,37-13-23-43(81-3)24-14-37)38-15-25-44(82-4)26-16-38/h5-7,9-26,35,42,78H,8,27-33H2,1-4H3,(H,73,80)(H,74,79). The third-order valence-corrected chi connectivity index (χ3v) is 13.0. The van der Waals surface area contributed by atoms with E-state index in [1.807, 2.05) is 4.90 Å². The molecule has 0 fully saturated rings. The molecule has 5 rings (SSSR count). The molecular weight excluding hydrogens is 1170 g/mol. The van der Waals surface area contributed by atoms with Gasteiger partial charge in [0.2, 0.25) is 5.91 Å². The monoisotopic (exact) mass is 1220 g/mol. The van der Waals surface area contributed by atoms with Crippen LogP contribution in [-0.2, 0) is 19.9 Å². The SMILES string of the molecule is COc1ccc(C(OCC(O)COCCCNC(=O)C(CCC(F)(F)C(F)(F)C(F)(F)C(F)(F)C(F)(F)C(F)(F)C(F)(F)C(F)(F)F)CNC(=O)c2ccc(N=Nc3ccc(N(C)C)cc3)cc2)(c2ccccc2)c2ccc(OC)cc2)cc1. The Labute approximate surface area is 468 Å². The van der Waals surface area contributed by atoms with Gasteiger partial charge in [-0.1, -0.05) is 54.6 Å². The largest absolute Gasteiger partial charge is 0.497 e. The molecule has 460 valence electrons. The highest BCUT2D eigenvalue weighted by atomic mass is 19.4. The molecule has 0 aliphatic carbocycles. The third-order valence-electron chi connectivity index (χ3n) is 13.0. The van der Waals surface area contributed by atoms with Gasteiger partial charge in [0.05, 0.1) is 44.7 Å². The summed E-state index contributed by atoms with van der Waals surface area (Å²) >= 11 is 0. The molecule has 2 atom stereocenters. The number of anilines is 1. The number of rotatable bonds is 30. The van der Waals surface area contributed by atoms with Crippen LogP contribution in [-0.4, -0.2) is 132 Å². The molecular formula is C55H54F17N5O7. The molecule has 0 aliphatic rings. The number of alkyl halides is 17. The van der Waals surface area contributed by atoms with Crippen LogP contribution in [0.25, 0.3) is 0 Å². The van der Waals surface area contributed by atoms with Gasteiger partial charge in [-0.05, 0) is 102 Å². The number of benzene rings is 5. The van der Waals surface area contributed by atoms with Crippen molar-refractivity contribution < 1.29 is 108 Å². The fourth-order valence-electron chi connectivity index (χ4n) is 8.06. The second-order valence-corrected chi connectivity index (χ2v) is 18.9. The molecule has 0 aromatic heterocycles. The number of azo groups is 1. The van der Waals surface area contributed by atoms with Gasteiger partial charge in [0.1, 0.15) is 23.2 Å². The highest BCUT2D eigenvalue weighted by molar-refractivity contribution is 5.94. The first-order chi connectivity index (χ1) is 39.1. The van der Waals surface area contributed by atoms with E-state index in [2.05, 4.69) is 20.9 Å². The Kier molecular flexibility index (Phi) is 21.5. The van der Waals surface area contributed by atoms with Gasteiger partial charge in [0, 0.05) is 51.5 Å². The Hall–Kier alpha value is -7.27. The van der Waals surface area contributed by atoms with E-state index in [1.165, 1.54) is 26.4 Å². The zero-order valence-electron chi connectivity index (χ0n) is 44.6. The molecule has 5 aromatic rings. The average molecular weight is 1220 g/mol. The van der Waals surface area contributed by atoms with Crippen LogP contribution in [0.3, 0.4) is 0 Å². The van der Waals surface area contributed by atoms with Gasteiger partial charge in [-0.15, -0.1) is 0 Å². The molecule has 0 bridgehead atoms. The lowest BCUT2D eigenvalue weighted by atomic mass is 9.80. The van der Waals surface area contributed by atoms with Crippen molar-refractivity contribution in [1.29, 1.82) is 0 Å². The molecule has 0 saturated heterocycles. The summed E-state index contributed by atoms with van der Waals surface area (Å²) in [5, 5.41) is 23.4. The first kappa shape index (κ1) is 67.5. The van der Waals surface area contributed by atoms with E-state index >= 15 is 8.78 Å². The molecule has 0 radical (unpaired) electrons. The highest BCUT2D eigenvalue weighted by Crippen LogP contribution is 2.64. The van der Waals surface area contributed by atoms with Crippen molar-refractivity contribution in [3.8, 4) is 11.5 Å². The summed E-state index contributed by atoms with van der Waals surface area (Å²) in [7, 11) is 6.56. The average Bonchev–Trinajstić information content (AvgIpc) is 0.742. The summed E-state index contributed by atoms with van der Waals surface area (Å²) in [5.74, 6) is -61.7. The summed E-state index contributed by atoms with van der Waals surface area (Å²) < 4.78 is 262. The van der Waals surface area contributed by atoms with Crippen LogP contribution in [0.4, 0.5) is 91.7 Å². The van der Waals surface area contributed by atoms with Crippen LogP contribution in [0.5, 0.6) is 11.5 Å². The Bertz CT molecular complexity index is 2910. The Morgan fingerprint density at radius 2 is 1.01 bits per heavy atom. The molecule has 0 saturated carbocycles. The minimum Gasteiger partial charge on any atom is -0.497 e. The van der Waals surface area contributed by atoms with Crippen molar-refractivity contribution in [1.82, 2.24) is 10.6 Å². The van der Waals surface area contributed by atoms with Crippen LogP contribution < -0.4 is 25.0 Å². The van der Waals surface area contributed by atoms with E-state index in [-0.39, 0.29) is 30.9 Å². The van der Waals surface area contributed by atoms with Crippen LogP contribution in [0.1, 0.15) is 46.3 Å². The summed E-state index contributed by atoms with van der Waals surface area (Å²) in [5.41, 5.74) is 1.69. The number of halogens is 17. The Balaban J connectivity index is 1.29. The zero-order chi connectivity index (χ0) is 62.7. The number of nitrogens with one attached hydrogen (secondary N) is 2. The number of hydrogen-bond donors (Lipinski definition) is 3. The van der Waals surface area contributed by atoms with Gasteiger partial charge in [0.15, 0.2) is 0 Å². The molecule has 3 N–H and O–H groups in total. The van der Waals surface area contributed by atoms with E-state index in [0.29, 0.717) is 33.9 Å². The van der Waals surface area contributed by atoms with Gasteiger partial charge < -0.3 is 39.6 Å². The minimum absolute atomic E-state index is 0.174. The van der Waals surface area contributed by atoms with Crippen LogP contribution >= 0.6 is 0 Å². The van der Waals surface area contributed by atoms with Crippen LogP contribution in [0.2, 0.25) is 0 Å². The fourth-order valence-corrected chi connectivity index (χ4v) is 8.06. The maximum absolute atomic E-state index is 15.2. The quantitative estimate of drug-likeness (QED) is 0.0179. The van der Waals surface area contributed by atoms with Crippen molar-refractivity contribution >= 4 is 28.9 Å². The molecule has 0 spiro atoms. The lowest BCUT2D eigenvalue weighted by Gasteiger charge is -2.43.